The van der Waals surface area contributed by atoms with Crippen LogP contribution in [0.5, 0.6) is 0 Å². The molecule has 0 N–H and O–H groups in total. The predicted molar refractivity (Wildman–Crippen MR) is 75.0 cm³/mol. The van der Waals surface area contributed by atoms with Crippen LogP contribution in [0.25, 0.3) is 0 Å². The zero-order valence-corrected chi connectivity index (χ0v) is 11.6. The molecule has 1 amide bonds. The van der Waals surface area contributed by atoms with Gasteiger partial charge in [0.05, 0.1) is 0 Å². The topological polar surface area (TPSA) is 37.4 Å². The minimum Gasteiger partial charge on any atom is -0.339 e. The second-order valence-corrected chi connectivity index (χ2v) is 5.99. The van der Waals surface area contributed by atoms with E-state index in [9.17, 15) is 9.59 Å². The molecule has 3 rings (SSSR count). The lowest BCUT2D eigenvalue weighted by Crippen LogP contribution is -2.30. The average Bonchev–Trinajstić information content (AvgIpc) is 2.80. The van der Waals surface area contributed by atoms with E-state index in [0.717, 1.165) is 13.0 Å². The van der Waals surface area contributed by atoms with Crippen molar-refractivity contribution in [2.45, 2.75) is 25.3 Å². The number of thiophene rings is 1. The second kappa shape index (κ2) is 4.46. The van der Waals surface area contributed by atoms with Gasteiger partial charge in [-0.3, -0.25) is 9.59 Å². The maximum Gasteiger partial charge on any atom is 0.219 e. The quantitative estimate of drug-likeness (QED) is 0.728. The Balaban J connectivity index is 2.05. The van der Waals surface area contributed by atoms with Crippen molar-refractivity contribution in [1.82, 2.24) is 4.90 Å². The molecule has 0 atom stereocenters. The monoisotopic (exact) mass is 273 g/mol. The number of carbonyl (C=O) groups excluding carboxylic acids is 2. The summed E-state index contributed by atoms with van der Waals surface area (Å²) in [5, 5.41) is 2.06. The van der Waals surface area contributed by atoms with Gasteiger partial charge < -0.3 is 4.90 Å². The first kappa shape index (κ1) is 12.4. The first-order valence-corrected chi connectivity index (χ1v) is 7.23. The fourth-order valence-electron chi connectivity index (χ4n) is 2.75. The highest BCUT2D eigenvalue weighted by atomic mass is 32.1. The summed E-state index contributed by atoms with van der Waals surface area (Å²) in [6.07, 6.45) is 8.11. The Morgan fingerprint density at radius 1 is 1.37 bits per heavy atom. The molecule has 2 aliphatic rings. The zero-order valence-electron chi connectivity index (χ0n) is 10.8. The summed E-state index contributed by atoms with van der Waals surface area (Å²) >= 11 is 1.71. The standard InChI is InChI=1S/C15H15NO2S/c1-11(17)16-8-7-15(5-2-13(18)3-6-15)14-12(10-16)4-9-19-14/h2-6,9H,7-8,10H2,1H3. The van der Waals surface area contributed by atoms with Gasteiger partial charge in [0.15, 0.2) is 5.78 Å². The van der Waals surface area contributed by atoms with Crippen molar-refractivity contribution in [2.75, 3.05) is 6.54 Å². The predicted octanol–water partition coefficient (Wildman–Crippen LogP) is 2.43. The number of carbonyl (C=O) groups is 2. The maximum absolute atomic E-state index is 11.6. The smallest absolute Gasteiger partial charge is 0.219 e. The van der Waals surface area contributed by atoms with Crippen molar-refractivity contribution in [3.63, 3.8) is 0 Å². The molecule has 1 aliphatic heterocycles. The molecular weight excluding hydrogens is 258 g/mol. The third-order valence-electron chi connectivity index (χ3n) is 3.86. The largest absolute Gasteiger partial charge is 0.339 e. The van der Waals surface area contributed by atoms with Crippen LogP contribution in [0.15, 0.2) is 35.8 Å². The van der Waals surface area contributed by atoms with E-state index < -0.39 is 0 Å². The molecule has 0 aromatic carbocycles. The summed E-state index contributed by atoms with van der Waals surface area (Å²) < 4.78 is 0. The minimum absolute atomic E-state index is 0.0383. The number of allylic oxidation sites excluding steroid dienone is 4. The SMILES string of the molecule is CC(=O)N1CCC2(C=CC(=O)C=C2)c2sccc2C1. The summed E-state index contributed by atoms with van der Waals surface area (Å²) in [6, 6.07) is 2.08. The van der Waals surface area contributed by atoms with Gasteiger partial charge in [-0.2, -0.15) is 0 Å². The molecule has 1 spiro atoms. The van der Waals surface area contributed by atoms with Crippen molar-refractivity contribution in [2.24, 2.45) is 0 Å². The van der Waals surface area contributed by atoms with E-state index in [1.165, 1.54) is 10.4 Å². The van der Waals surface area contributed by atoms with Crippen molar-refractivity contribution in [1.29, 1.82) is 0 Å². The van der Waals surface area contributed by atoms with Crippen molar-refractivity contribution >= 4 is 23.0 Å². The third kappa shape index (κ3) is 2.06. The highest BCUT2D eigenvalue weighted by Crippen LogP contribution is 2.41. The second-order valence-electron chi connectivity index (χ2n) is 5.07. The lowest BCUT2D eigenvalue weighted by atomic mass is 9.78. The maximum atomic E-state index is 11.6. The van der Waals surface area contributed by atoms with Crippen LogP contribution in [0.2, 0.25) is 0 Å². The van der Waals surface area contributed by atoms with Gasteiger partial charge in [0, 0.05) is 30.3 Å². The molecule has 3 nitrogen and oxygen atoms in total. The molecule has 0 unspecified atom stereocenters. The molecular formula is C15H15NO2S. The van der Waals surface area contributed by atoms with Gasteiger partial charge in [-0.05, 0) is 35.6 Å². The van der Waals surface area contributed by atoms with E-state index in [0.29, 0.717) is 6.54 Å². The summed E-state index contributed by atoms with van der Waals surface area (Å²) in [6.45, 7) is 3.01. The number of amides is 1. The van der Waals surface area contributed by atoms with Crippen LogP contribution in [-0.2, 0) is 21.5 Å². The molecule has 98 valence electrons. The Kier molecular flexibility index (Phi) is 2.90. The average molecular weight is 273 g/mol. The van der Waals surface area contributed by atoms with Crippen LogP contribution < -0.4 is 0 Å². The molecule has 0 radical (unpaired) electrons. The van der Waals surface area contributed by atoms with Crippen molar-refractivity contribution < 1.29 is 9.59 Å². The van der Waals surface area contributed by atoms with E-state index in [1.807, 2.05) is 17.1 Å². The van der Waals surface area contributed by atoms with Gasteiger partial charge in [0.1, 0.15) is 0 Å². The molecule has 1 aliphatic carbocycles. The normalized spacial score (nSPS) is 20.5. The number of rotatable bonds is 0. The Hall–Kier alpha value is -1.68. The van der Waals surface area contributed by atoms with Gasteiger partial charge >= 0.3 is 0 Å². The highest BCUT2D eigenvalue weighted by molar-refractivity contribution is 7.10. The van der Waals surface area contributed by atoms with E-state index in [2.05, 4.69) is 11.4 Å². The summed E-state index contributed by atoms with van der Waals surface area (Å²) in [4.78, 5) is 26.1. The minimum atomic E-state index is -0.207. The summed E-state index contributed by atoms with van der Waals surface area (Å²) in [5.74, 6) is 0.144. The highest BCUT2D eigenvalue weighted by Gasteiger charge is 2.35. The lowest BCUT2D eigenvalue weighted by Gasteiger charge is -2.28. The first-order valence-electron chi connectivity index (χ1n) is 6.35. The number of nitrogens with zero attached hydrogens (tertiary/aromatic N) is 1. The first-order chi connectivity index (χ1) is 9.11. The molecule has 0 saturated carbocycles. The molecule has 1 aromatic heterocycles. The molecule has 4 heteroatoms. The van der Waals surface area contributed by atoms with Gasteiger partial charge in [0.25, 0.3) is 0 Å². The lowest BCUT2D eigenvalue weighted by molar-refractivity contribution is -0.129. The van der Waals surface area contributed by atoms with E-state index in [4.69, 9.17) is 0 Å². The molecule has 0 fully saturated rings. The van der Waals surface area contributed by atoms with E-state index >= 15 is 0 Å². The number of hydrogen-bond acceptors (Lipinski definition) is 3. The Morgan fingerprint density at radius 2 is 2.11 bits per heavy atom. The molecule has 0 saturated heterocycles. The Bertz CT molecular complexity index is 581. The van der Waals surface area contributed by atoms with E-state index in [-0.39, 0.29) is 17.1 Å². The van der Waals surface area contributed by atoms with Crippen LogP contribution >= 0.6 is 11.3 Å². The molecule has 19 heavy (non-hydrogen) atoms. The van der Waals surface area contributed by atoms with E-state index in [1.54, 1.807) is 30.4 Å². The van der Waals surface area contributed by atoms with Crippen LogP contribution in [0.1, 0.15) is 23.8 Å². The fourth-order valence-corrected chi connectivity index (χ4v) is 3.86. The van der Waals surface area contributed by atoms with Crippen molar-refractivity contribution in [3.05, 3.63) is 46.2 Å². The number of fused-ring (bicyclic) bond motifs is 2. The van der Waals surface area contributed by atoms with Crippen LogP contribution in [0.4, 0.5) is 0 Å². The molecule has 1 aromatic rings. The summed E-state index contributed by atoms with van der Waals surface area (Å²) in [7, 11) is 0. The van der Waals surface area contributed by atoms with Crippen LogP contribution in [-0.4, -0.2) is 23.1 Å². The van der Waals surface area contributed by atoms with Gasteiger partial charge in [-0.25, -0.2) is 0 Å². The Morgan fingerprint density at radius 3 is 2.79 bits per heavy atom. The summed E-state index contributed by atoms with van der Waals surface area (Å²) in [5.41, 5.74) is 0.989. The van der Waals surface area contributed by atoms with Crippen LogP contribution in [0.3, 0.4) is 0 Å². The third-order valence-corrected chi connectivity index (χ3v) is 5.01. The fraction of sp³-hybridized carbons (Fsp3) is 0.333. The van der Waals surface area contributed by atoms with Gasteiger partial charge in [-0.15, -0.1) is 11.3 Å². The van der Waals surface area contributed by atoms with Gasteiger partial charge in [-0.1, -0.05) is 12.2 Å². The number of hydrogen-bond donors (Lipinski definition) is 0. The zero-order chi connectivity index (χ0) is 13.5. The molecule has 0 bridgehead atoms. The van der Waals surface area contributed by atoms with Gasteiger partial charge in [0.2, 0.25) is 5.91 Å². The van der Waals surface area contributed by atoms with Crippen molar-refractivity contribution in [3.8, 4) is 0 Å². The van der Waals surface area contributed by atoms with Crippen LogP contribution in [0, 0.1) is 0 Å². The number of ketones is 1. The molecule has 2 heterocycles. The Labute approximate surface area is 116 Å².